The van der Waals surface area contributed by atoms with Gasteiger partial charge in [0.2, 0.25) is 0 Å². The minimum absolute atomic E-state index is 0.360. The summed E-state index contributed by atoms with van der Waals surface area (Å²) in [7, 11) is -1.65. The first-order valence-corrected chi connectivity index (χ1v) is 16.7. The molecule has 4 nitrogen and oxygen atoms in total. The van der Waals surface area contributed by atoms with Crippen LogP contribution in [0.15, 0.2) is 0 Å². The number of rotatable bonds is 25. The Hall–Kier alpha value is -0.0951. The summed E-state index contributed by atoms with van der Waals surface area (Å²) in [5.41, 5.74) is -0.360. The van der Waals surface area contributed by atoms with Gasteiger partial charge in [-0.15, -0.1) is 0 Å². The summed E-state index contributed by atoms with van der Waals surface area (Å²) in [6, 6.07) is 0. The smallest absolute Gasteiger partial charge is 0.402 e. The molecule has 0 aliphatic heterocycles. The summed E-state index contributed by atoms with van der Waals surface area (Å²) in [4.78, 5) is 0. The second-order valence-corrected chi connectivity index (χ2v) is 11.5. The molecule has 1 unspecified atom stereocenters. The highest BCUT2D eigenvalue weighted by Gasteiger charge is 2.40. The maximum absolute atomic E-state index is 9.60. The molecular formula is C32H71BNO3+. The molecule has 224 valence electrons. The topological polar surface area (TPSA) is 49.7 Å². The average molecular weight is 529 g/mol. The SMILES string of the molecule is CCCCCCC(CCCC)C(CCCC)(CCCC)OB(O)O.CCCCCC[N+](CC)(CC)CC. The lowest BCUT2D eigenvalue weighted by atomic mass is 9.73. The van der Waals surface area contributed by atoms with Crippen molar-refractivity contribution in [2.45, 2.75) is 177 Å². The van der Waals surface area contributed by atoms with Crippen LogP contribution in [0.3, 0.4) is 0 Å². The molecule has 0 amide bonds. The third-order valence-corrected chi connectivity index (χ3v) is 8.80. The highest BCUT2D eigenvalue weighted by Crippen LogP contribution is 2.40. The van der Waals surface area contributed by atoms with Gasteiger partial charge in [0.25, 0.3) is 0 Å². The Balaban J connectivity index is 0. The number of quaternary nitrogens is 1. The zero-order valence-corrected chi connectivity index (χ0v) is 27.0. The Morgan fingerprint density at radius 2 is 1.00 bits per heavy atom. The third kappa shape index (κ3) is 18.8. The average Bonchev–Trinajstić information content (AvgIpc) is 2.90. The molecule has 0 aliphatic carbocycles. The van der Waals surface area contributed by atoms with Crippen LogP contribution in [0.1, 0.15) is 171 Å². The molecule has 2 N–H and O–H groups in total. The minimum atomic E-state index is -1.65. The fraction of sp³-hybridized carbons (Fsp3) is 1.00. The van der Waals surface area contributed by atoms with Gasteiger partial charge in [0.15, 0.2) is 0 Å². The van der Waals surface area contributed by atoms with E-state index in [1.54, 1.807) is 0 Å². The van der Waals surface area contributed by atoms with Gasteiger partial charge in [-0.05, 0) is 65.2 Å². The van der Waals surface area contributed by atoms with Gasteiger partial charge in [-0.3, -0.25) is 0 Å². The van der Waals surface area contributed by atoms with Crippen molar-refractivity contribution in [3.05, 3.63) is 0 Å². The van der Waals surface area contributed by atoms with Crippen molar-refractivity contribution in [2.75, 3.05) is 26.2 Å². The van der Waals surface area contributed by atoms with E-state index in [2.05, 4.69) is 55.4 Å². The molecule has 5 heteroatoms. The zero-order valence-electron chi connectivity index (χ0n) is 27.0. The quantitative estimate of drug-likeness (QED) is 0.0705. The Bertz CT molecular complexity index is 441. The molecule has 0 aromatic rings. The van der Waals surface area contributed by atoms with Crippen molar-refractivity contribution < 1.29 is 19.2 Å². The number of nitrogens with zero attached hydrogens (tertiary/aromatic N) is 1. The molecule has 0 aromatic carbocycles. The number of unbranched alkanes of at least 4 members (excludes halogenated alkanes) is 9. The lowest BCUT2D eigenvalue weighted by Gasteiger charge is -2.42. The first kappa shape index (κ1) is 39.0. The van der Waals surface area contributed by atoms with Crippen molar-refractivity contribution >= 4 is 7.32 Å². The van der Waals surface area contributed by atoms with Crippen LogP contribution in [0.25, 0.3) is 0 Å². The normalized spacial score (nSPS) is 12.8. The predicted molar refractivity (Wildman–Crippen MR) is 166 cm³/mol. The second kappa shape index (κ2) is 26.1. The molecule has 0 saturated heterocycles. The zero-order chi connectivity index (χ0) is 28.4. The molecular weight excluding hydrogens is 457 g/mol. The van der Waals surface area contributed by atoms with Crippen LogP contribution in [0.4, 0.5) is 0 Å². The Kier molecular flexibility index (Phi) is 27.6. The van der Waals surface area contributed by atoms with E-state index in [-0.39, 0.29) is 5.60 Å². The maximum atomic E-state index is 9.60. The van der Waals surface area contributed by atoms with Crippen molar-refractivity contribution in [1.82, 2.24) is 0 Å². The highest BCUT2D eigenvalue weighted by atomic mass is 16.6. The summed E-state index contributed by atoms with van der Waals surface area (Å²) in [6.07, 6.45) is 21.7. The van der Waals surface area contributed by atoms with E-state index in [0.29, 0.717) is 5.92 Å². The lowest BCUT2D eigenvalue weighted by Crippen LogP contribution is -2.48. The number of hydrogen-bond acceptors (Lipinski definition) is 3. The van der Waals surface area contributed by atoms with Gasteiger partial charge in [0.05, 0.1) is 31.8 Å². The second-order valence-electron chi connectivity index (χ2n) is 11.5. The molecule has 0 aliphatic rings. The molecule has 0 bridgehead atoms. The first-order chi connectivity index (χ1) is 17.8. The number of hydrogen-bond donors (Lipinski definition) is 2. The van der Waals surface area contributed by atoms with Crippen LogP contribution in [0.5, 0.6) is 0 Å². The maximum Gasteiger partial charge on any atom is 0.634 e. The molecule has 37 heavy (non-hydrogen) atoms. The van der Waals surface area contributed by atoms with E-state index >= 15 is 0 Å². The fourth-order valence-corrected chi connectivity index (χ4v) is 5.87. The van der Waals surface area contributed by atoms with Crippen molar-refractivity contribution in [3.8, 4) is 0 Å². The highest BCUT2D eigenvalue weighted by molar-refractivity contribution is 6.32. The largest absolute Gasteiger partial charge is 0.634 e. The fourth-order valence-electron chi connectivity index (χ4n) is 5.87. The summed E-state index contributed by atoms with van der Waals surface area (Å²) in [5.74, 6) is 0.439. The van der Waals surface area contributed by atoms with Gasteiger partial charge in [0, 0.05) is 0 Å². The van der Waals surface area contributed by atoms with E-state index < -0.39 is 7.32 Å². The summed E-state index contributed by atoms with van der Waals surface area (Å²) >= 11 is 0. The van der Waals surface area contributed by atoms with Crippen molar-refractivity contribution in [1.29, 1.82) is 0 Å². The molecule has 0 heterocycles. The van der Waals surface area contributed by atoms with Crippen LogP contribution in [0, 0.1) is 5.92 Å². The molecule has 0 fully saturated rings. The van der Waals surface area contributed by atoms with Gasteiger partial charge in [0.1, 0.15) is 0 Å². The van der Waals surface area contributed by atoms with Crippen LogP contribution in [0.2, 0.25) is 0 Å². The summed E-state index contributed by atoms with van der Waals surface area (Å²) in [6.45, 7) is 23.4. The Morgan fingerprint density at radius 1 is 0.568 bits per heavy atom. The van der Waals surface area contributed by atoms with Crippen LogP contribution < -0.4 is 0 Å². The third-order valence-electron chi connectivity index (χ3n) is 8.80. The standard InChI is InChI=1S/C20H43BO3.C12H28N/c1-5-9-13-14-16-19(15-10-6-2)20(17-11-7-3,18-12-8-4)24-21(22)23;1-5-9-10-11-12-13(6-2,7-3)8-4/h19,22-23H,5-18H2,1-4H3;5-12H2,1-4H3/q;+1. The van der Waals surface area contributed by atoms with Crippen LogP contribution in [-0.4, -0.2) is 53.6 Å². The van der Waals surface area contributed by atoms with E-state index in [4.69, 9.17) is 4.65 Å². The van der Waals surface area contributed by atoms with E-state index in [0.717, 1.165) is 51.4 Å². The van der Waals surface area contributed by atoms with Crippen molar-refractivity contribution in [2.24, 2.45) is 5.92 Å². The molecule has 0 spiro atoms. The van der Waals surface area contributed by atoms with E-state index in [9.17, 15) is 10.0 Å². The van der Waals surface area contributed by atoms with Gasteiger partial charge in [-0.1, -0.05) is 112 Å². The van der Waals surface area contributed by atoms with Gasteiger partial charge < -0.3 is 19.2 Å². The van der Waals surface area contributed by atoms with Gasteiger partial charge in [-0.25, -0.2) is 0 Å². The minimum Gasteiger partial charge on any atom is -0.402 e. The van der Waals surface area contributed by atoms with Crippen LogP contribution >= 0.6 is 0 Å². The summed E-state index contributed by atoms with van der Waals surface area (Å²) < 4.78 is 7.19. The van der Waals surface area contributed by atoms with E-state index in [1.165, 1.54) is 94.9 Å². The predicted octanol–water partition coefficient (Wildman–Crippen LogP) is 9.31. The Morgan fingerprint density at radius 3 is 1.41 bits per heavy atom. The van der Waals surface area contributed by atoms with Crippen LogP contribution in [-0.2, 0) is 4.65 Å². The monoisotopic (exact) mass is 529 g/mol. The summed E-state index contributed by atoms with van der Waals surface area (Å²) in [5, 5.41) is 19.2. The lowest BCUT2D eigenvalue weighted by molar-refractivity contribution is -0.923. The van der Waals surface area contributed by atoms with Gasteiger partial charge >= 0.3 is 7.32 Å². The van der Waals surface area contributed by atoms with Gasteiger partial charge in [-0.2, -0.15) is 0 Å². The molecule has 0 aromatic heterocycles. The van der Waals surface area contributed by atoms with E-state index in [1.807, 2.05) is 0 Å². The first-order valence-electron chi connectivity index (χ1n) is 16.7. The Labute approximate surface area is 235 Å². The molecule has 1 atom stereocenters. The van der Waals surface area contributed by atoms with Crippen molar-refractivity contribution in [3.63, 3.8) is 0 Å². The molecule has 0 saturated carbocycles. The molecule has 0 radical (unpaired) electrons. The molecule has 0 rings (SSSR count).